The van der Waals surface area contributed by atoms with Crippen LogP contribution >= 0.6 is 11.8 Å². The van der Waals surface area contributed by atoms with Gasteiger partial charge in [0.25, 0.3) is 0 Å². The first-order valence-electron chi connectivity index (χ1n) is 5.05. The molecule has 0 unspecified atom stereocenters. The van der Waals surface area contributed by atoms with Crippen molar-refractivity contribution in [3.63, 3.8) is 0 Å². The fraction of sp³-hybridized carbons (Fsp3) is 0.545. The van der Waals surface area contributed by atoms with E-state index in [0.717, 1.165) is 30.2 Å². The van der Waals surface area contributed by atoms with Gasteiger partial charge < -0.3 is 9.84 Å². The Balaban J connectivity index is 2.53. The second kappa shape index (κ2) is 6.82. The number of aliphatic hydroxyl groups excluding tert-OH is 1. The maximum atomic E-state index is 9.06. The van der Waals surface area contributed by atoms with E-state index in [0.29, 0.717) is 0 Å². The van der Waals surface area contributed by atoms with Gasteiger partial charge in [-0.2, -0.15) is 0 Å². The van der Waals surface area contributed by atoms with Crippen molar-refractivity contribution in [1.82, 2.24) is 4.98 Å². The highest BCUT2D eigenvalue weighted by Gasteiger charge is 2.04. The molecule has 0 aliphatic heterocycles. The molecule has 0 saturated carbocycles. The van der Waals surface area contributed by atoms with Gasteiger partial charge in [-0.15, -0.1) is 11.8 Å². The van der Waals surface area contributed by atoms with Crippen LogP contribution in [-0.4, -0.2) is 29.1 Å². The molecular weight excluding hydrogens is 210 g/mol. The van der Waals surface area contributed by atoms with E-state index in [2.05, 4.69) is 4.98 Å². The van der Waals surface area contributed by atoms with Crippen LogP contribution in [0.15, 0.2) is 17.2 Å². The Bertz CT molecular complexity index is 305. The van der Waals surface area contributed by atoms with Crippen molar-refractivity contribution in [3.8, 4) is 0 Å². The number of ether oxygens (including phenoxy) is 1. The van der Waals surface area contributed by atoms with Gasteiger partial charge in [-0.25, -0.2) is 0 Å². The van der Waals surface area contributed by atoms with Crippen LogP contribution < -0.4 is 0 Å². The molecule has 0 spiro atoms. The molecule has 0 aromatic carbocycles. The molecule has 3 nitrogen and oxygen atoms in total. The molecule has 0 saturated heterocycles. The highest BCUT2D eigenvalue weighted by atomic mass is 32.2. The Hall–Kier alpha value is -0.580. The molecule has 15 heavy (non-hydrogen) atoms. The molecule has 0 fully saturated rings. The molecule has 0 aliphatic carbocycles. The number of pyridine rings is 1. The van der Waals surface area contributed by atoms with Crippen LogP contribution in [-0.2, 0) is 11.3 Å². The average Bonchev–Trinajstić information content (AvgIpc) is 2.26. The fourth-order valence-corrected chi connectivity index (χ4v) is 2.14. The number of nitrogens with zero attached hydrogens (tertiary/aromatic N) is 1. The third kappa shape index (κ3) is 3.81. The minimum absolute atomic E-state index is 0.00565. The number of aromatic nitrogens is 1. The van der Waals surface area contributed by atoms with Gasteiger partial charge in [-0.05, 0) is 25.5 Å². The summed E-state index contributed by atoms with van der Waals surface area (Å²) in [5.74, 6) is 0.934. The van der Waals surface area contributed by atoms with Gasteiger partial charge in [-0.3, -0.25) is 4.98 Å². The predicted octanol–water partition coefficient (Wildman–Crippen LogP) is 2.01. The second-order valence-corrected chi connectivity index (χ2v) is 4.22. The lowest BCUT2D eigenvalue weighted by Crippen LogP contribution is -1.98. The molecule has 1 aromatic heterocycles. The molecule has 0 bridgehead atoms. The number of thioether (sulfide) groups is 1. The first-order valence-corrected chi connectivity index (χ1v) is 6.04. The molecular formula is C11H17NO2S. The lowest BCUT2D eigenvalue weighted by molar-refractivity contribution is 0.164. The summed E-state index contributed by atoms with van der Waals surface area (Å²) in [6.07, 6.45) is 1.74. The average molecular weight is 227 g/mol. The van der Waals surface area contributed by atoms with Crippen LogP contribution in [0, 0.1) is 6.92 Å². The molecule has 0 radical (unpaired) electrons. The Kier molecular flexibility index (Phi) is 5.68. The zero-order chi connectivity index (χ0) is 11.1. The quantitative estimate of drug-likeness (QED) is 0.596. The topological polar surface area (TPSA) is 42.4 Å². The molecule has 0 aliphatic rings. The third-order valence-electron chi connectivity index (χ3n) is 2.10. The summed E-state index contributed by atoms with van der Waals surface area (Å²) >= 11 is 1.74. The summed E-state index contributed by atoms with van der Waals surface area (Å²) in [7, 11) is 0. The van der Waals surface area contributed by atoms with E-state index in [1.54, 1.807) is 18.0 Å². The first kappa shape index (κ1) is 12.5. The lowest BCUT2D eigenvalue weighted by Gasteiger charge is -2.08. The van der Waals surface area contributed by atoms with Crippen molar-refractivity contribution in [1.29, 1.82) is 0 Å². The molecule has 1 heterocycles. The van der Waals surface area contributed by atoms with E-state index in [-0.39, 0.29) is 6.61 Å². The molecule has 1 N–H and O–H groups in total. The van der Waals surface area contributed by atoms with Crippen LogP contribution in [0.5, 0.6) is 0 Å². The Morgan fingerprint density at radius 1 is 1.53 bits per heavy atom. The van der Waals surface area contributed by atoms with Gasteiger partial charge >= 0.3 is 0 Å². The summed E-state index contributed by atoms with van der Waals surface area (Å²) in [5.41, 5.74) is 1.83. The first-order chi connectivity index (χ1) is 7.29. The van der Waals surface area contributed by atoms with E-state index in [1.165, 1.54) is 4.90 Å². The van der Waals surface area contributed by atoms with Crippen LogP contribution in [0.25, 0.3) is 0 Å². The van der Waals surface area contributed by atoms with E-state index < -0.39 is 0 Å². The van der Waals surface area contributed by atoms with Gasteiger partial charge in [0.2, 0.25) is 0 Å². The molecule has 1 aromatic rings. The second-order valence-electron chi connectivity index (χ2n) is 3.08. The normalized spacial score (nSPS) is 10.6. The zero-order valence-electron chi connectivity index (χ0n) is 9.19. The Labute approximate surface area is 94.9 Å². The Morgan fingerprint density at radius 3 is 3.00 bits per heavy atom. The summed E-state index contributed by atoms with van der Waals surface area (Å²) in [5, 5.41) is 9.06. The maximum Gasteiger partial charge on any atom is 0.0856 e. The van der Waals surface area contributed by atoms with Crippen LogP contribution in [0.4, 0.5) is 0 Å². The highest BCUT2D eigenvalue weighted by molar-refractivity contribution is 7.99. The summed E-state index contributed by atoms with van der Waals surface area (Å²) < 4.78 is 5.27. The van der Waals surface area contributed by atoms with Crippen molar-refractivity contribution in [3.05, 3.63) is 23.5 Å². The van der Waals surface area contributed by atoms with Crippen molar-refractivity contribution >= 4 is 11.8 Å². The summed E-state index contributed by atoms with van der Waals surface area (Å²) in [6.45, 7) is 5.51. The van der Waals surface area contributed by atoms with Gasteiger partial charge in [-0.1, -0.05) is 0 Å². The molecule has 1 rings (SSSR count). The van der Waals surface area contributed by atoms with E-state index in [9.17, 15) is 0 Å². The SMILES string of the molecule is CCOCCSc1ccnc(CO)c1C. The number of rotatable bonds is 6. The minimum atomic E-state index is 0.00565. The third-order valence-corrected chi connectivity index (χ3v) is 3.22. The summed E-state index contributed by atoms with van der Waals surface area (Å²) in [4.78, 5) is 5.28. The van der Waals surface area contributed by atoms with Crippen LogP contribution in [0.1, 0.15) is 18.2 Å². The largest absolute Gasteiger partial charge is 0.390 e. The van der Waals surface area contributed by atoms with Crippen LogP contribution in [0.3, 0.4) is 0 Å². The Morgan fingerprint density at radius 2 is 2.33 bits per heavy atom. The fourth-order valence-electron chi connectivity index (χ4n) is 1.23. The monoisotopic (exact) mass is 227 g/mol. The van der Waals surface area contributed by atoms with Gasteiger partial charge in [0.05, 0.1) is 18.9 Å². The smallest absolute Gasteiger partial charge is 0.0856 e. The molecule has 84 valence electrons. The minimum Gasteiger partial charge on any atom is -0.390 e. The zero-order valence-corrected chi connectivity index (χ0v) is 10.0. The lowest BCUT2D eigenvalue weighted by atomic mass is 10.2. The maximum absolute atomic E-state index is 9.06. The van der Waals surface area contributed by atoms with E-state index in [1.807, 2.05) is 19.9 Å². The standard InChI is InChI=1S/C11H17NO2S/c1-3-14-6-7-15-11-4-5-12-10(8-13)9(11)2/h4-5,13H,3,6-8H2,1-2H3. The van der Waals surface area contributed by atoms with Crippen molar-refractivity contribution in [2.24, 2.45) is 0 Å². The molecule has 4 heteroatoms. The highest BCUT2D eigenvalue weighted by Crippen LogP contribution is 2.23. The number of hydrogen-bond acceptors (Lipinski definition) is 4. The van der Waals surface area contributed by atoms with Crippen molar-refractivity contribution < 1.29 is 9.84 Å². The predicted molar refractivity (Wildman–Crippen MR) is 62.1 cm³/mol. The molecule has 0 amide bonds. The number of aliphatic hydroxyl groups is 1. The van der Waals surface area contributed by atoms with E-state index in [4.69, 9.17) is 9.84 Å². The number of hydrogen-bond donors (Lipinski definition) is 1. The van der Waals surface area contributed by atoms with Crippen LogP contribution in [0.2, 0.25) is 0 Å². The summed E-state index contributed by atoms with van der Waals surface area (Å²) in [6, 6.07) is 1.98. The van der Waals surface area contributed by atoms with E-state index >= 15 is 0 Å². The molecule has 0 atom stereocenters. The van der Waals surface area contributed by atoms with Gasteiger partial charge in [0, 0.05) is 23.5 Å². The van der Waals surface area contributed by atoms with Crippen molar-refractivity contribution in [2.45, 2.75) is 25.3 Å². The van der Waals surface area contributed by atoms with Gasteiger partial charge in [0.1, 0.15) is 0 Å². The van der Waals surface area contributed by atoms with Crippen molar-refractivity contribution in [2.75, 3.05) is 19.0 Å². The van der Waals surface area contributed by atoms with Gasteiger partial charge in [0.15, 0.2) is 0 Å².